The number of nitrogens with zero attached hydrogens (tertiary/aromatic N) is 2. The third-order valence-electron chi connectivity index (χ3n) is 5.52. The number of anilines is 2. The van der Waals surface area contributed by atoms with Crippen LogP contribution in [0, 0.1) is 0 Å². The van der Waals surface area contributed by atoms with Crippen LogP contribution in [0.15, 0.2) is 53.6 Å². The molecule has 1 aromatic heterocycles. The second-order valence-electron chi connectivity index (χ2n) is 8.41. The minimum Gasteiger partial charge on any atom is -0.401 e. The fourth-order valence-electron chi connectivity index (χ4n) is 3.80. The highest BCUT2D eigenvalue weighted by Gasteiger charge is 2.33. The van der Waals surface area contributed by atoms with Crippen LogP contribution in [0.25, 0.3) is 0 Å². The molecule has 0 saturated heterocycles. The van der Waals surface area contributed by atoms with Gasteiger partial charge >= 0.3 is 6.18 Å². The number of amides is 2. The number of aromatic nitrogens is 1. The minimum absolute atomic E-state index is 0.0378. The highest BCUT2D eigenvalue weighted by molar-refractivity contribution is 6.41. The van der Waals surface area contributed by atoms with Crippen molar-refractivity contribution in [3.8, 4) is 0 Å². The lowest BCUT2D eigenvalue weighted by Gasteiger charge is -2.23. The summed E-state index contributed by atoms with van der Waals surface area (Å²) < 4.78 is 38.7. The number of carbonyl (C=O) groups is 2. The molecule has 12 heteroatoms. The van der Waals surface area contributed by atoms with Gasteiger partial charge in [0.05, 0.1) is 34.0 Å². The van der Waals surface area contributed by atoms with E-state index in [9.17, 15) is 22.8 Å². The number of rotatable bonds is 8. The van der Waals surface area contributed by atoms with Crippen molar-refractivity contribution < 1.29 is 22.8 Å². The molecule has 37 heavy (non-hydrogen) atoms. The fourth-order valence-corrected chi connectivity index (χ4v) is 4.51. The number of benzene rings is 1. The van der Waals surface area contributed by atoms with Crippen LogP contribution in [0.5, 0.6) is 0 Å². The Hall–Kier alpha value is -3.08. The molecule has 4 N–H and O–H groups in total. The number of alkyl halides is 3. The Bertz CT molecular complexity index is 1240. The number of nitrogens with one attached hydrogen (secondary N) is 2. The molecule has 1 aliphatic heterocycles. The van der Waals surface area contributed by atoms with E-state index >= 15 is 0 Å². The zero-order valence-electron chi connectivity index (χ0n) is 20.2. The second kappa shape index (κ2) is 12.0. The summed E-state index contributed by atoms with van der Waals surface area (Å²) in [6, 6.07) is 3.91. The molecule has 7 nitrogen and oxygen atoms in total. The highest BCUT2D eigenvalue weighted by atomic mass is 35.5. The van der Waals surface area contributed by atoms with Crippen LogP contribution in [0.1, 0.15) is 37.8 Å². The van der Waals surface area contributed by atoms with Gasteiger partial charge in [-0.3, -0.25) is 19.5 Å². The van der Waals surface area contributed by atoms with Crippen molar-refractivity contribution >= 4 is 46.4 Å². The van der Waals surface area contributed by atoms with E-state index in [4.69, 9.17) is 28.9 Å². The molecule has 0 unspecified atom stereocenters. The predicted octanol–water partition coefficient (Wildman–Crippen LogP) is 5.48. The van der Waals surface area contributed by atoms with E-state index in [-0.39, 0.29) is 39.0 Å². The maximum Gasteiger partial charge on any atom is 0.393 e. The Morgan fingerprint density at radius 3 is 2.41 bits per heavy atom. The van der Waals surface area contributed by atoms with E-state index in [0.29, 0.717) is 24.2 Å². The molecule has 2 heterocycles. The summed E-state index contributed by atoms with van der Waals surface area (Å²) in [4.78, 5) is 32.1. The van der Waals surface area contributed by atoms with Gasteiger partial charge in [-0.05, 0) is 47.9 Å². The number of halogens is 5. The van der Waals surface area contributed by atoms with E-state index in [1.807, 2.05) is 13.8 Å². The van der Waals surface area contributed by atoms with Gasteiger partial charge in [0.1, 0.15) is 5.57 Å². The summed E-state index contributed by atoms with van der Waals surface area (Å²) >= 11 is 12.6. The van der Waals surface area contributed by atoms with Crippen molar-refractivity contribution in [1.29, 1.82) is 0 Å². The summed E-state index contributed by atoms with van der Waals surface area (Å²) in [5.74, 6) is -1.58. The van der Waals surface area contributed by atoms with Gasteiger partial charge in [-0.15, -0.1) is 0 Å². The van der Waals surface area contributed by atoms with Crippen LogP contribution in [-0.4, -0.2) is 29.5 Å². The first-order valence-electron chi connectivity index (χ1n) is 11.5. The number of hydrogen-bond acceptors (Lipinski definition) is 5. The van der Waals surface area contributed by atoms with Gasteiger partial charge in [0, 0.05) is 31.1 Å². The molecular formula is C25H26Cl2F3N5O2. The van der Waals surface area contributed by atoms with Crippen molar-refractivity contribution in [2.75, 3.05) is 16.8 Å². The molecule has 0 saturated carbocycles. The molecule has 1 aliphatic rings. The minimum atomic E-state index is -4.47. The van der Waals surface area contributed by atoms with Crippen LogP contribution < -0.4 is 21.3 Å². The Labute approximate surface area is 222 Å². The maximum absolute atomic E-state index is 13.6. The fraction of sp³-hybridized carbons (Fsp3) is 0.320. The largest absolute Gasteiger partial charge is 0.401 e. The lowest BCUT2D eigenvalue weighted by molar-refractivity contribution is -0.127. The summed E-state index contributed by atoms with van der Waals surface area (Å²) in [5, 5.41) is 5.47. The Kier molecular flexibility index (Phi) is 9.22. The molecule has 3 rings (SSSR count). The highest BCUT2D eigenvalue weighted by Crippen LogP contribution is 2.39. The van der Waals surface area contributed by atoms with Gasteiger partial charge in [-0.25, -0.2) is 0 Å². The van der Waals surface area contributed by atoms with E-state index in [0.717, 1.165) is 29.1 Å². The van der Waals surface area contributed by atoms with Gasteiger partial charge < -0.3 is 16.4 Å². The molecule has 1 aromatic carbocycles. The Morgan fingerprint density at radius 1 is 1.14 bits per heavy atom. The summed E-state index contributed by atoms with van der Waals surface area (Å²) in [7, 11) is 0. The first-order valence-corrected chi connectivity index (χ1v) is 12.2. The van der Waals surface area contributed by atoms with Gasteiger partial charge in [-0.2, -0.15) is 13.2 Å². The van der Waals surface area contributed by atoms with Gasteiger partial charge in [0.25, 0.3) is 11.8 Å². The van der Waals surface area contributed by atoms with Crippen molar-refractivity contribution in [1.82, 2.24) is 10.3 Å². The molecule has 0 bridgehead atoms. The monoisotopic (exact) mass is 555 g/mol. The summed E-state index contributed by atoms with van der Waals surface area (Å²) in [6.07, 6.45) is -0.551. The Balaban J connectivity index is 1.98. The van der Waals surface area contributed by atoms with Crippen LogP contribution in [0.2, 0.25) is 10.0 Å². The standard InChI is InChI=1S/C25H26Cl2F3N5O2/c1-3-14-8-20(31)21(23(36)34-17-5-16(10-32-4-2)11-33-12-17)24(37)35(13-14)22-18(26)6-15(7-19(22)27)9-25(28,29)30/h5-7,11-13,32H,3-4,8-10,31H2,1-2H3,(H,34,36). The molecule has 0 aliphatic carbocycles. The van der Waals surface area contributed by atoms with Crippen molar-refractivity contribution in [3.63, 3.8) is 0 Å². The van der Waals surface area contributed by atoms with Gasteiger partial charge in [0.15, 0.2) is 0 Å². The maximum atomic E-state index is 13.6. The van der Waals surface area contributed by atoms with E-state index in [2.05, 4.69) is 15.6 Å². The zero-order valence-corrected chi connectivity index (χ0v) is 21.7. The van der Waals surface area contributed by atoms with Crippen molar-refractivity contribution in [2.24, 2.45) is 5.73 Å². The smallest absolute Gasteiger partial charge is 0.393 e. The van der Waals surface area contributed by atoms with Crippen LogP contribution in [0.3, 0.4) is 0 Å². The molecular weight excluding hydrogens is 530 g/mol. The molecule has 0 atom stereocenters. The predicted molar refractivity (Wildman–Crippen MR) is 138 cm³/mol. The topological polar surface area (TPSA) is 100 Å². The van der Waals surface area contributed by atoms with Crippen molar-refractivity contribution in [2.45, 2.75) is 45.8 Å². The molecule has 198 valence electrons. The van der Waals surface area contributed by atoms with E-state index in [1.54, 1.807) is 12.3 Å². The van der Waals surface area contributed by atoms with E-state index in [1.165, 1.54) is 12.4 Å². The number of carbonyl (C=O) groups excluding carboxylic acids is 2. The first kappa shape index (κ1) is 28.5. The first-order chi connectivity index (χ1) is 17.4. The number of hydrogen-bond donors (Lipinski definition) is 3. The lowest BCUT2D eigenvalue weighted by atomic mass is 10.1. The van der Waals surface area contributed by atoms with Crippen LogP contribution >= 0.6 is 23.2 Å². The van der Waals surface area contributed by atoms with Gasteiger partial charge in [0.2, 0.25) is 0 Å². The summed E-state index contributed by atoms with van der Waals surface area (Å²) in [6.45, 7) is 5.08. The normalized spacial score (nSPS) is 14.5. The molecule has 2 amide bonds. The molecule has 0 spiro atoms. The second-order valence-corrected chi connectivity index (χ2v) is 9.22. The molecule has 0 radical (unpaired) electrons. The third kappa shape index (κ3) is 7.24. The van der Waals surface area contributed by atoms with Gasteiger partial charge in [-0.1, -0.05) is 37.0 Å². The van der Waals surface area contributed by atoms with E-state index < -0.39 is 24.4 Å². The lowest BCUT2D eigenvalue weighted by Crippen LogP contribution is -2.34. The molecule has 0 fully saturated rings. The quantitative estimate of drug-likeness (QED) is 0.374. The Morgan fingerprint density at radius 2 is 1.81 bits per heavy atom. The third-order valence-corrected chi connectivity index (χ3v) is 6.09. The van der Waals surface area contributed by atoms with Crippen molar-refractivity contribution in [3.05, 3.63) is 74.8 Å². The zero-order chi connectivity index (χ0) is 27.3. The summed E-state index contributed by atoms with van der Waals surface area (Å²) in [5.41, 5.74) is 7.59. The average molecular weight is 556 g/mol. The number of nitrogens with two attached hydrogens (primary N) is 1. The van der Waals surface area contributed by atoms with Crippen LogP contribution in [-0.2, 0) is 22.6 Å². The SMILES string of the molecule is CCNCc1cncc(NC(=O)C2=C(N)CC(CC)=CN(c3c(Cl)cc(CC(F)(F)F)cc3Cl)C2=O)c1. The number of pyridine rings is 1. The molecule has 2 aromatic rings. The number of allylic oxidation sites excluding steroid dienone is 1. The van der Waals surface area contributed by atoms with Crippen LogP contribution in [0.4, 0.5) is 24.5 Å². The average Bonchev–Trinajstić information content (AvgIpc) is 2.92.